The van der Waals surface area contributed by atoms with Gasteiger partial charge in [-0.15, -0.1) is 0 Å². The number of sulfonamides is 1. The van der Waals surface area contributed by atoms with E-state index in [2.05, 4.69) is 5.32 Å². The molecule has 0 aliphatic carbocycles. The molecule has 0 radical (unpaired) electrons. The largest absolute Gasteiger partial charge is 0.352 e. The second-order valence-electron chi connectivity index (χ2n) is 7.98. The van der Waals surface area contributed by atoms with Gasteiger partial charge in [0.1, 0.15) is 6.04 Å². The van der Waals surface area contributed by atoms with Crippen molar-refractivity contribution in [3.8, 4) is 0 Å². The number of rotatable bonds is 10. The van der Waals surface area contributed by atoms with Crippen LogP contribution in [0.4, 0.5) is 0 Å². The summed E-state index contributed by atoms with van der Waals surface area (Å²) >= 11 is 18.0. The van der Waals surface area contributed by atoms with Gasteiger partial charge in [-0.2, -0.15) is 4.31 Å². The molecule has 0 fully saturated rings. The topological polar surface area (TPSA) is 86.8 Å². The van der Waals surface area contributed by atoms with E-state index in [1.54, 1.807) is 25.1 Å². The lowest BCUT2D eigenvalue weighted by molar-refractivity contribution is -0.140. The fraction of sp³-hybridized carbons (Fsp3) is 0.391. The molecule has 2 aromatic rings. The van der Waals surface area contributed by atoms with E-state index in [0.717, 1.165) is 10.7 Å². The maximum atomic E-state index is 13.3. The monoisotopic (exact) mass is 547 g/mol. The molecule has 0 saturated carbocycles. The van der Waals surface area contributed by atoms with Gasteiger partial charge in [-0.25, -0.2) is 8.42 Å². The van der Waals surface area contributed by atoms with Crippen molar-refractivity contribution in [1.29, 1.82) is 0 Å². The summed E-state index contributed by atoms with van der Waals surface area (Å²) in [7, 11) is -2.64. The summed E-state index contributed by atoms with van der Waals surface area (Å²) < 4.78 is 26.8. The summed E-state index contributed by atoms with van der Waals surface area (Å²) in [4.78, 5) is 27.4. The number of likely N-dealkylation sites (N-methyl/N-ethyl adjacent to an activating group) is 1. The summed E-state index contributed by atoms with van der Waals surface area (Å²) in [6.07, 6.45) is 0.723. The molecule has 2 amide bonds. The summed E-state index contributed by atoms with van der Waals surface area (Å²) in [6, 6.07) is 9.63. The van der Waals surface area contributed by atoms with Crippen LogP contribution in [0, 0.1) is 0 Å². The molecule has 0 saturated heterocycles. The number of hydrogen-bond acceptors (Lipinski definition) is 4. The normalized spacial score (nSPS) is 13.4. The van der Waals surface area contributed by atoms with Crippen molar-refractivity contribution in [2.75, 3.05) is 13.6 Å². The third kappa shape index (κ3) is 7.33. The zero-order valence-electron chi connectivity index (χ0n) is 19.4. The highest BCUT2D eigenvalue weighted by atomic mass is 35.5. The number of carbonyl (C=O) groups excluding carboxylic acids is 2. The van der Waals surface area contributed by atoms with Gasteiger partial charge in [-0.3, -0.25) is 9.59 Å². The van der Waals surface area contributed by atoms with Crippen LogP contribution in [0.2, 0.25) is 15.1 Å². The Kier molecular flexibility index (Phi) is 10.2. The van der Waals surface area contributed by atoms with Crippen LogP contribution in [0.15, 0.2) is 47.4 Å². The third-order valence-corrected chi connectivity index (χ3v) is 8.19. The molecule has 0 aliphatic rings. The van der Waals surface area contributed by atoms with Crippen molar-refractivity contribution >= 4 is 56.6 Å². The quantitative estimate of drug-likeness (QED) is 0.470. The Hall–Kier alpha value is -1.84. The Morgan fingerprint density at radius 1 is 1.00 bits per heavy atom. The molecule has 2 aromatic carbocycles. The molecule has 0 unspecified atom stereocenters. The molecule has 0 spiro atoms. The lowest BCUT2D eigenvalue weighted by atomic mass is 10.1. The van der Waals surface area contributed by atoms with Crippen LogP contribution >= 0.6 is 34.8 Å². The van der Waals surface area contributed by atoms with E-state index in [1.165, 1.54) is 36.2 Å². The van der Waals surface area contributed by atoms with Crippen molar-refractivity contribution in [1.82, 2.24) is 14.5 Å². The van der Waals surface area contributed by atoms with Crippen LogP contribution < -0.4 is 5.32 Å². The van der Waals surface area contributed by atoms with Crippen LogP contribution in [0.25, 0.3) is 0 Å². The number of benzene rings is 2. The van der Waals surface area contributed by atoms with Gasteiger partial charge in [0, 0.05) is 24.7 Å². The molecule has 2 atom stereocenters. The summed E-state index contributed by atoms with van der Waals surface area (Å²) in [6.45, 7) is 4.97. The lowest BCUT2D eigenvalue weighted by Gasteiger charge is -2.31. The van der Waals surface area contributed by atoms with E-state index in [1.807, 2.05) is 13.8 Å². The summed E-state index contributed by atoms with van der Waals surface area (Å²) in [5.74, 6) is -0.885. The van der Waals surface area contributed by atoms with Gasteiger partial charge in [0.25, 0.3) is 0 Å². The summed E-state index contributed by atoms with van der Waals surface area (Å²) in [5, 5.41) is 3.93. The van der Waals surface area contributed by atoms with Crippen LogP contribution in [-0.2, 0) is 26.2 Å². The Morgan fingerprint density at radius 2 is 1.62 bits per heavy atom. The average Bonchev–Trinajstić information content (AvgIpc) is 2.79. The second-order valence-corrected chi connectivity index (χ2v) is 11.3. The molecule has 11 heteroatoms. The average molecular weight is 549 g/mol. The van der Waals surface area contributed by atoms with Crippen molar-refractivity contribution < 1.29 is 18.0 Å². The minimum absolute atomic E-state index is 0.00537. The Balaban J connectivity index is 2.30. The molecule has 2 rings (SSSR count). The highest BCUT2D eigenvalue weighted by Crippen LogP contribution is 2.24. The van der Waals surface area contributed by atoms with E-state index in [0.29, 0.717) is 20.6 Å². The van der Waals surface area contributed by atoms with Crippen LogP contribution in [-0.4, -0.2) is 55.1 Å². The number of halogens is 3. The maximum Gasteiger partial charge on any atom is 0.243 e. The molecule has 186 valence electrons. The van der Waals surface area contributed by atoms with Crippen molar-refractivity contribution in [3.05, 3.63) is 63.1 Å². The van der Waals surface area contributed by atoms with E-state index in [-0.39, 0.29) is 23.4 Å². The third-order valence-electron chi connectivity index (χ3n) is 5.38. The number of carbonyl (C=O) groups is 2. The highest BCUT2D eigenvalue weighted by Gasteiger charge is 2.30. The van der Waals surface area contributed by atoms with Crippen LogP contribution in [0.3, 0.4) is 0 Å². The SMILES string of the molecule is CC[C@@H](C)NC(=O)[C@H](C)N(Cc1ccc(Cl)c(Cl)c1)C(=O)CN(C)S(=O)(=O)c1ccc(Cl)cc1. The minimum atomic E-state index is -3.95. The van der Waals surface area contributed by atoms with E-state index >= 15 is 0 Å². The number of nitrogens with one attached hydrogen (secondary N) is 1. The predicted octanol–water partition coefficient (Wildman–Crippen LogP) is 4.60. The van der Waals surface area contributed by atoms with Crippen LogP contribution in [0.1, 0.15) is 32.8 Å². The molecule has 34 heavy (non-hydrogen) atoms. The Morgan fingerprint density at radius 3 is 2.18 bits per heavy atom. The van der Waals surface area contributed by atoms with Gasteiger partial charge < -0.3 is 10.2 Å². The van der Waals surface area contributed by atoms with Crippen molar-refractivity contribution in [3.63, 3.8) is 0 Å². The minimum Gasteiger partial charge on any atom is -0.352 e. The molecule has 1 N–H and O–H groups in total. The second kappa shape index (κ2) is 12.2. The predicted molar refractivity (Wildman–Crippen MR) is 136 cm³/mol. The Bertz CT molecular complexity index is 1130. The lowest BCUT2D eigenvalue weighted by Crippen LogP contribution is -2.51. The van der Waals surface area contributed by atoms with Gasteiger partial charge in [-0.1, -0.05) is 47.8 Å². The van der Waals surface area contributed by atoms with Gasteiger partial charge in [0.2, 0.25) is 21.8 Å². The summed E-state index contributed by atoms with van der Waals surface area (Å²) in [5.41, 5.74) is 0.647. The molecule has 0 aliphatic heterocycles. The smallest absolute Gasteiger partial charge is 0.243 e. The number of nitrogens with zero attached hydrogens (tertiary/aromatic N) is 2. The van der Waals surface area contributed by atoms with Crippen LogP contribution in [0.5, 0.6) is 0 Å². The molecule has 0 aromatic heterocycles. The number of hydrogen-bond donors (Lipinski definition) is 1. The van der Waals surface area contributed by atoms with Crippen molar-refractivity contribution in [2.24, 2.45) is 0 Å². The first kappa shape index (κ1) is 28.4. The zero-order valence-corrected chi connectivity index (χ0v) is 22.5. The van der Waals surface area contributed by atoms with Gasteiger partial charge in [0.15, 0.2) is 0 Å². The number of amides is 2. The first-order chi connectivity index (χ1) is 15.9. The van der Waals surface area contributed by atoms with E-state index in [9.17, 15) is 18.0 Å². The molecule has 0 heterocycles. The fourth-order valence-electron chi connectivity index (χ4n) is 3.04. The van der Waals surface area contributed by atoms with E-state index < -0.39 is 28.5 Å². The maximum absolute atomic E-state index is 13.3. The Labute approximate surface area is 216 Å². The first-order valence-electron chi connectivity index (χ1n) is 10.6. The zero-order chi connectivity index (χ0) is 25.6. The highest BCUT2D eigenvalue weighted by molar-refractivity contribution is 7.89. The molecule has 0 bridgehead atoms. The standard InChI is InChI=1S/C23H28Cl3N3O4S/c1-5-15(2)27-23(31)16(3)29(13-17-6-11-20(25)21(26)12-17)22(30)14-28(4)34(32,33)19-9-7-18(24)8-10-19/h6-12,15-16H,5,13-14H2,1-4H3,(H,27,31)/t15-,16+/m1/s1. The van der Waals surface area contributed by atoms with Gasteiger partial charge in [-0.05, 0) is 62.2 Å². The molecular formula is C23H28Cl3N3O4S. The molecular weight excluding hydrogens is 521 g/mol. The first-order valence-corrected chi connectivity index (χ1v) is 13.2. The molecule has 7 nitrogen and oxygen atoms in total. The van der Waals surface area contributed by atoms with Gasteiger partial charge in [0.05, 0.1) is 21.5 Å². The van der Waals surface area contributed by atoms with Crippen molar-refractivity contribution in [2.45, 2.75) is 50.7 Å². The fourth-order valence-corrected chi connectivity index (χ4v) is 4.60. The van der Waals surface area contributed by atoms with Gasteiger partial charge >= 0.3 is 0 Å². The van der Waals surface area contributed by atoms with E-state index in [4.69, 9.17) is 34.8 Å².